The van der Waals surface area contributed by atoms with E-state index >= 15 is 0 Å². The molecule has 3 heterocycles. The van der Waals surface area contributed by atoms with Crippen LogP contribution in [0.4, 0.5) is 5.69 Å². The summed E-state index contributed by atoms with van der Waals surface area (Å²) >= 11 is 1.51. The normalized spacial score (nSPS) is 17.8. The Balaban J connectivity index is 1.60. The summed E-state index contributed by atoms with van der Waals surface area (Å²) in [5, 5.41) is 0. The molecule has 8 nitrogen and oxygen atoms in total. The molecule has 0 saturated carbocycles. The molecule has 0 bridgehead atoms. The first-order chi connectivity index (χ1) is 14.6. The van der Waals surface area contributed by atoms with Gasteiger partial charge in [0.2, 0.25) is 6.10 Å². The summed E-state index contributed by atoms with van der Waals surface area (Å²) in [6.45, 7) is -0.0492. The molecule has 1 aliphatic carbocycles. The summed E-state index contributed by atoms with van der Waals surface area (Å²) < 4.78 is 12.1. The molecule has 154 valence electrons. The maximum absolute atomic E-state index is 13.4. The Morgan fingerprint density at radius 2 is 2.03 bits per heavy atom. The Morgan fingerprint density at radius 3 is 2.87 bits per heavy atom. The lowest BCUT2D eigenvalue weighted by atomic mass is 10.0. The largest absolute Gasteiger partial charge is 0.475 e. The standard InChI is InChI=1S/C21H19N3O5S/c1-28-20(27)16-11-23(13-6-2-4-8-15(13)29-16)18(25)12-10-22-21-24(19(12)26)14-7-3-5-9-17(14)30-21/h2,4,6,8,10,16H,3,5,7,9,11H2,1H3. The zero-order valence-electron chi connectivity index (χ0n) is 16.3. The second kappa shape index (κ2) is 7.24. The van der Waals surface area contributed by atoms with Crippen LogP contribution in [-0.2, 0) is 22.4 Å². The van der Waals surface area contributed by atoms with Crippen molar-refractivity contribution in [1.82, 2.24) is 9.38 Å². The molecule has 0 saturated heterocycles. The van der Waals surface area contributed by atoms with Gasteiger partial charge in [-0.15, -0.1) is 11.3 Å². The number of amides is 1. The molecule has 0 N–H and O–H groups in total. The monoisotopic (exact) mass is 425 g/mol. The summed E-state index contributed by atoms with van der Waals surface area (Å²) in [7, 11) is 1.27. The highest BCUT2D eigenvalue weighted by molar-refractivity contribution is 7.17. The number of anilines is 1. The second-order valence-electron chi connectivity index (χ2n) is 7.29. The van der Waals surface area contributed by atoms with Crippen LogP contribution in [0.25, 0.3) is 4.96 Å². The summed E-state index contributed by atoms with van der Waals surface area (Å²) in [5.41, 5.74) is 1.06. The predicted molar refractivity (Wildman–Crippen MR) is 111 cm³/mol. The first-order valence-electron chi connectivity index (χ1n) is 9.76. The predicted octanol–water partition coefficient (Wildman–Crippen LogP) is 2.22. The molecular weight excluding hydrogens is 406 g/mol. The average molecular weight is 425 g/mol. The van der Waals surface area contributed by atoms with Gasteiger partial charge in [-0.25, -0.2) is 9.78 Å². The van der Waals surface area contributed by atoms with Crippen molar-refractivity contribution >= 4 is 33.9 Å². The molecule has 1 aliphatic heterocycles. The van der Waals surface area contributed by atoms with Crippen LogP contribution in [0, 0.1) is 0 Å². The van der Waals surface area contributed by atoms with E-state index in [9.17, 15) is 14.4 Å². The zero-order chi connectivity index (χ0) is 20.8. The van der Waals surface area contributed by atoms with E-state index in [1.807, 2.05) is 0 Å². The average Bonchev–Trinajstić information content (AvgIpc) is 3.17. The number of fused-ring (bicyclic) bond motifs is 4. The number of aryl methyl sites for hydroxylation is 2. The molecule has 2 aromatic heterocycles. The van der Waals surface area contributed by atoms with Crippen LogP contribution in [0.15, 0.2) is 35.3 Å². The Labute approximate surface area is 175 Å². The van der Waals surface area contributed by atoms with Gasteiger partial charge in [0, 0.05) is 16.8 Å². The van der Waals surface area contributed by atoms with Crippen LogP contribution in [0.1, 0.15) is 33.8 Å². The highest BCUT2D eigenvalue weighted by Crippen LogP contribution is 2.34. The fourth-order valence-corrected chi connectivity index (χ4v) is 5.21. The van der Waals surface area contributed by atoms with E-state index in [4.69, 9.17) is 9.47 Å². The number of para-hydroxylation sites is 2. The topological polar surface area (TPSA) is 90.2 Å². The molecule has 9 heteroatoms. The maximum atomic E-state index is 13.4. The smallest absolute Gasteiger partial charge is 0.348 e. The van der Waals surface area contributed by atoms with Crippen LogP contribution in [0.5, 0.6) is 5.75 Å². The fourth-order valence-electron chi connectivity index (χ4n) is 4.04. The van der Waals surface area contributed by atoms with Crippen molar-refractivity contribution in [2.75, 3.05) is 18.6 Å². The Kier molecular flexibility index (Phi) is 4.54. The first kappa shape index (κ1) is 18.8. The fraction of sp³-hybridized carbons (Fsp3) is 0.333. The Hall–Kier alpha value is -3.20. The third kappa shape index (κ3) is 2.88. The number of rotatable bonds is 2. The van der Waals surface area contributed by atoms with Crippen LogP contribution < -0.4 is 15.2 Å². The molecule has 0 fully saturated rings. The minimum atomic E-state index is -0.970. The van der Waals surface area contributed by atoms with Gasteiger partial charge in [0.25, 0.3) is 11.5 Å². The zero-order valence-corrected chi connectivity index (χ0v) is 17.1. The van der Waals surface area contributed by atoms with E-state index in [0.29, 0.717) is 16.4 Å². The van der Waals surface area contributed by atoms with Crippen molar-refractivity contribution < 1.29 is 19.1 Å². The van der Waals surface area contributed by atoms with Gasteiger partial charge in [-0.05, 0) is 37.8 Å². The van der Waals surface area contributed by atoms with Crippen molar-refractivity contribution in [3.8, 4) is 5.75 Å². The number of carbonyl (C=O) groups excluding carboxylic acids is 2. The number of nitrogens with zero attached hydrogens (tertiary/aromatic N) is 3. The Bertz CT molecular complexity index is 1230. The number of ether oxygens (including phenoxy) is 2. The molecular formula is C21H19N3O5S. The number of thiazole rings is 1. The summed E-state index contributed by atoms with van der Waals surface area (Å²) in [6, 6.07) is 6.91. The number of hydrogen-bond acceptors (Lipinski definition) is 7. The highest BCUT2D eigenvalue weighted by atomic mass is 32.1. The lowest BCUT2D eigenvalue weighted by Gasteiger charge is -2.33. The van der Waals surface area contributed by atoms with Gasteiger partial charge in [-0.2, -0.15) is 0 Å². The van der Waals surface area contributed by atoms with E-state index in [1.165, 1.54) is 29.5 Å². The van der Waals surface area contributed by atoms with Gasteiger partial charge < -0.3 is 14.4 Å². The van der Waals surface area contributed by atoms with Crippen molar-refractivity contribution in [3.63, 3.8) is 0 Å². The summed E-state index contributed by atoms with van der Waals surface area (Å²) in [4.78, 5) is 46.4. The number of carbonyl (C=O) groups is 2. The molecule has 0 radical (unpaired) electrons. The Morgan fingerprint density at radius 1 is 1.23 bits per heavy atom. The maximum Gasteiger partial charge on any atom is 0.348 e. The van der Waals surface area contributed by atoms with Crippen LogP contribution in [0.3, 0.4) is 0 Å². The number of benzene rings is 1. The molecule has 0 spiro atoms. The molecule has 3 aromatic rings. The van der Waals surface area contributed by atoms with Crippen molar-refractivity contribution in [3.05, 3.63) is 57.0 Å². The lowest BCUT2D eigenvalue weighted by Crippen LogP contribution is -2.48. The number of esters is 1. The summed E-state index contributed by atoms with van der Waals surface area (Å²) in [5.74, 6) is -0.712. The third-order valence-electron chi connectivity index (χ3n) is 5.52. The van der Waals surface area contributed by atoms with E-state index < -0.39 is 18.0 Å². The molecule has 2 aliphatic rings. The molecule has 1 atom stereocenters. The van der Waals surface area contributed by atoms with Crippen molar-refractivity contribution in [1.29, 1.82) is 0 Å². The van der Waals surface area contributed by atoms with Crippen LogP contribution in [-0.4, -0.2) is 41.0 Å². The molecule has 1 unspecified atom stereocenters. The first-order valence-corrected chi connectivity index (χ1v) is 10.6. The van der Waals surface area contributed by atoms with Crippen molar-refractivity contribution in [2.24, 2.45) is 0 Å². The number of methoxy groups -OCH3 is 1. The molecule has 1 amide bonds. The minimum Gasteiger partial charge on any atom is -0.475 e. The van der Waals surface area contributed by atoms with Gasteiger partial charge in [0.1, 0.15) is 11.3 Å². The van der Waals surface area contributed by atoms with E-state index in [1.54, 1.807) is 28.7 Å². The van der Waals surface area contributed by atoms with Gasteiger partial charge in [-0.3, -0.25) is 14.0 Å². The van der Waals surface area contributed by atoms with E-state index in [-0.39, 0.29) is 17.7 Å². The van der Waals surface area contributed by atoms with Gasteiger partial charge in [-0.1, -0.05) is 12.1 Å². The van der Waals surface area contributed by atoms with Gasteiger partial charge >= 0.3 is 5.97 Å². The molecule has 1 aromatic carbocycles. The number of hydrogen-bond donors (Lipinski definition) is 0. The van der Waals surface area contributed by atoms with Gasteiger partial charge in [0.05, 0.1) is 19.3 Å². The lowest BCUT2D eigenvalue weighted by molar-refractivity contribution is -0.148. The highest BCUT2D eigenvalue weighted by Gasteiger charge is 2.36. The van der Waals surface area contributed by atoms with Crippen molar-refractivity contribution in [2.45, 2.75) is 31.8 Å². The quantitative estimate of drug-likeness (QED) is 0.585. The SMILES string of the molecule is COC(=O)C1CN(C(=O)c2cnc3sc4c(n3c2=O)CCCC4)c2ccccc2O1. The van der Waals surface area contributed by atoms with E-state index in [2.05, 4.69) is 4.98 Å². The third-order valence-corrected chi connectivity index (χ3v) is 6.67. The second-order valence-corrected chi connectivity index (χ2v) is 8.35. The minimum absolute atomic E-state index is 0.0287. The van der Waals surface area contributed by atoms with Crippen LogP contribution in [0.2, 0.25) is 0 Å². The van der Waals surface area contributed by atoms with Crippen LogP contribution >= 0.6 is 11.3 Å². The summed E-state index contributed by atoms with van der Waals surface area (Å²) in [6.07, 6.45) is 4.22. The molecule has 30 heavy (non-hydrogen) atoms. The number of aromatic nitrogens is 2. The van der Waals surface area contributed by atoms with Gasteiger partial charge in [0.15, 0.2) is 4.96 Å². The van der Waals surface area contributed by atoms with E-state index in [0.717, 1.165) is 36.3 Å². The molecule has 5 rings (SSSR count).